The smallest absolute Gasteiger partial charge is 0.0882 e. The van der Waals surface area contributed by atoms with Gasteiger partial charge in [0, 0.05) is 0 Å². The quantitative estimate of drug-likeness (QED) is 0.315. The second-order valence-electron chi connectivity index (χ2n) is 9.18. The molecule has 0 saturated carbocycles. The molecule has 0 aromatic carbocycles. The summed E-state index contributed by atoms with van der Waals surface area (Å²) in [4.78, 5) is 0. The van der Waals surface area contributed by atoms with E-state index in [9.17, 15) is 0 Å². The average Bonchev–Trinajstić information content (AvgIpc) is 2.65. The Hall–Kier alpha value is -0.455. The van der Waals surface area contributed by atoms with Crippen LogP contribution in [0.3, 0.4) is 0 Å². The summed E-state index contributed by atoms with van der Waals surface area (Å²) >= 11 is 0. The summed E-state index contributed by atoms with van der Waals surface area (Å²) in [6.07, 6.45) is 19.7. The van der Waals surface area contributed by atoms with Gasteiger partial charge in [-0.15, -0.1) is 0 Å². The van der Waals surface area contributed by atoms with Crippen molar-refractivity contribution in [3.8, 4) is 0 Å². The molecule has 4 unspecified atom stereocenters. The van der Waals surface area contributed by atoms with Crippen molar-refractivity contribution in [2.75, 3.05) is 0 Å². The SMILES string of the molecule is CC/C(=C\C(C)C(C)[C@@H]1CC[B]CC1C)CCC(C)[C@H]1C=CCCC1. The monoisotopic (exact) mass is 341 g/mol. The first-order chi connectivity index (χ1) is 12.0. The predicted octanol–water partition coefficient (Wildman–Crippen LogP) is 7.56. The Morgan fingerprint density at radius 2 is 2.04 bits per heavy atom. The first kappa shape index (κ1) is 20.9. The van der Waals surface area contributed by atoms with E-state index in [-0.39, 0.29) is 0 Å². The summed E-state index contributed by atoms with van der Waals surface area (Å²) in [7, 11) is 2.51. The summed E-state index contributed by atoms with van der Waals surface area (Å²) in [6, 6.07) is 0. The van der Waals surface area contributed by atoms with Gasteiger partial charge in [0.1, 0.15) is 7.28 Å². The average molecular weight is 341 g/mol. The molecule has 0 spiro atoms. The highest BCUT2D eigenvalue weighted by molar-refractivity contribution is 6.35. The van der Waals surface area contributed by atoms with Crippen molar-refractivity contribution in [2.45, 2.75) is 92.2 Å². The van der Waals surface area contributed by atoms with Crippen molar-refractivity contribution in [1.29, 1.82) is 0 Å². The van der Waals surface area contributed by atoms with E-state index in [0.717, 1.165) is 35.5 Å². The molecule has 2 aliphatic rings. The van der Waals surface area contributed by atoms with Gasteiger partial charge < -0.3 is 0 Å². The molecule has 0 nitrogen and oxygen atoms in total. The first-order valence-electron chi connectivity index (χ1n) is 11.2. The Morgan fingerprint density at radius 1 is 1.24 bits per heavy atom. The Labute approximate surface area is 159 Å². The van der Waals surface area contributed by atoms with E-state index in [0.29, 0.717) is 0 Å². The van der Waals surface area contributed by atoms with E-state index in [1.807, 2.05) is 0 Å². The van der Waals surface area contributed by atoms with Crippen molar-refractivity contribution in [3.63, 3.8) is 0 Å². The maximum atomic E-state index is 2.65. The predicted molar refractivity (Wildman–Crippen MR) is 114 cm³/mol. The fourth-order valence-corrected chi connectivity index (χ4v) is 5.16. The lowest BCUT2D eigenvalue weighted by atomic mass is 9.54. The molecule has 1 aliphatic carbocycles. The van der Waals surface area contributed by atoms with E-state index in [4.69, 9.17) is 0 Å². The maximum absolute atomic E-state index is 2.65. The van der Waals surface area contributed by atoms with E-state index in [2.05, 4.69) is 60.1 Å². The standard InChI is InChI=1S/C24H42B/c1-6-22(13-12-18(2)23-10-8-7-9-11-23)16-19(3)21(5)24-14-15-25-17-20(24)4/h8,10,16,18-21,23-24H,6-7,9,11-15,17H2,1-5H3/b22-16+/t18?,19?,20?,21?,23-,24+/m0/s1. The molecule has 0 bridgehead atoms. The minimum absolute atomic E-state index is 0.727. The van der Waals surface area contributed by atoms with Gasteiger partial charge in [-0.3, -0.25) is 0 Å². The molecule has 141 valence electrons. The van der Waals surface area contributed by atoms with Crippen molar-refractivity contribution < 1.29 is 0 Å². The Morgan fingerprint density at radius 3 is 2.68 bits per heavy atom. The van der Waals surface area contributed by atoms with Gasteiger partial charge in [0.2, 0.25) is 0 Å². The summed E-state index contributed by atoms with van der Waals surface area (Å²) in [5.41, 5.74) is 1.71. The minimum atomic E-state index is 0.727. The molecule has 1 heterocycles. The van der Waals surface area contributed by atoms with Gasteiger partial charge in [0.05, 0.1) is 0 Å². The fraction of sp³-hybridized carbons (Fsp3) is 0.833. The van der Waals surface area contributed by atoms with Gasteiger partial charge >= 0.3 is 0 Å². The molecule has 0 aromatic rings. The van der Waals surface area contributed by atoms with E-state index in [1.165, 1.54) is 57.6 Å². The van der Waals surface area contributed by atoms with Crippen LogP contribution < -0.4 is 0 Å². The second kappa shape index (κ2) is 10.6. The zero-order valence-corrected chi connectivity index (χ0v) is 17.6. The largest absolute Gasteiger partial charge is 0.109 e. The van der Waals surface area contributed by atoms with Crippen molar-refractivity contribution >= 4 is 7.28 Å². The van der Waals surface area contributed by atoms with E-state index < -0.39 is 0 Å². The summed E-state index contributed by atoms with van der Waals surface area (Å²) in [5.74, 6) is 5.02. The van der Waals surface area contributed by atoms with Crippen LogP contribution in [-0.2, 0) is 0 Å². The van der Waals surface area contributed by atoms with Crippen LogP contribution in [-0.4, -0.2) is 7.28 Å². The van der Waals surface area contributed by atoms with Gasteiger partial charge in [0.15, 0.2) is 0 Å². The third-order valence-corrected chi connectivity index (χ3v) is 7.37. The zero-order chi connectivity index (χ0) is 18.2. The van der Waals surface area contributed by atoms with Crippen molar-refractivity contribution in [3.05, 3.63) is 23.8 Å². The van der Waals surface area contributed by atoms with E-state index >= 15 is 0 Å². The fourth-order valence-electron chi connectivity index (χ4n) is 5.16. The minimum Gasteiger partial charge on any atom is -0.0882 e. The first-order valence-corrected chi connectivity index (χ1v) is 11.2. The zero-order valence-electron chi connectivity index (χ0n) is 17.6. The molecule has 25 heavy (non-hydrogen) atoms. The van der Waals surface area contributed by atoms with Crippen LogP contribution in [0.1, 0.15) is 79.6 Å². The molecule has 1 radical (unpaired) electrons. The molecule has 0 amide bonds. The Bertz CT molecular complexity index is 435. The lowest BCUT2D eigenvalue weighted by Gasteiger charge is -2.36. The van der Waals surface area contributed by atoms with Gasteiger partial charge in [-0.05, 0) is 74.0 Å². The highest BCUT2D eigenvalue weighted by Crippen LogP contribution is 2.37. The molecule has 2 rings (SSSR count). The van der Waals surface area contributed by atoms with E-state index in [1.54, 1.807) is 5.57 Å². The van der Waals surface area contributed by atoms with Gasteiger partial charge in [-0.1, -0.05) is 77.5 Å². The highest BCUT2D eigenvalue weighted by atomic mass is 14.3. The molecule has 1 saturated heterocycles. The van der Waals surface area contributed by atoms with Crippen LogP contribution in [0.2, 0.25) is 12.6 Å². The second-order valence-corrected chi connectivity index (χ2v) is 9.18. The molecule has 0 aromatic heterocycles. The number of rotatable bonds is 8. The molecule has 6 atom stereocenters. The maximum Gasteiger partial charge on any atom is 0.109 e. The van der Waals surface area contributed by atoms with Crippen LogP contribution in [0.4, 0.5) is 0 Å². The number of allylic oxidation sites excluding steroid dienone is 4. The van der Waals surface area contributed by atoms with Gasteiger partial charge in [-0.25, -0.2) is 0 Å². The summed E-state index contributed by atoms with van der Waals surface area (Å²) in [5, 5.41) is 0. The third kappa shape index (κ3) is 6.33. The Balaban J connectivity index is 1.87. The third-order valence-electron chi connectivity index (χ3n) is 7.37. The van der Waals surface area contributed by atoms with Crippen LogP contribution in [0, 0.1) is 35.5 Å². The number of hydrogen-bond acceptors (Lipinski definition) is 0. The molecule has 1 fully saturated rings. The van der Waals surface area contributed by atoms with Gasteiger partial charge in [-0.2, -0.15) is 0 Å². The van der Waals surface area contributed by atoms with Crippen molar-refractivity contribution in [2.24, 2.45) is 35.5 Å². The van der Waals surface area contributed by atoms with Gasteiger partial charge in [0.25, 0.3) is 0 Å². The molecular formula is C24H42B. The highest BCUT2D eigenvalue weighted by Gasteiger charge is 2.29. The van der Waals surface area contributed by atoms with Crippen LogP contribution in [0.25, 0.3) is 0 Å². The molecular weight excluding hydrogens is 299 g/mol. The molecule has 0 N–H and O–H groups in total. The molecule has 1 heteroatoms. The molecule has 1 aliphatic heterocycles. The van der Waals surface area contributed by atoms with Crippen LogP contribution in [0.15, 0.2) is 23.8 Å². The Kier molecular flexibility index (Phi) is 8.87. The van der Waals surface area contributed by atoms with Crippen LogP contribution in [0.5, 0.6) is 0 Å². The lowest BCUT2D eigenvalue weighted by molar-refractivity contribution is 0.214. The topological polar surface area (TPSA) is 0 Å². The normalized spacial score (nSPS) is 31.2. The number of hydrogen-bond donors (Lipinski definition) is 0. The van der Waals surface area contributed by atoms with Crippen molar-refractivity contribution in [1.82, 2.24) is 0 Å². The summed E-state index contributed by atoms with van der Waals surface area (Å²) < 4.78 is 0. The van der Waals surface area contributed by atoms with Crippen LogP contribution >= 0.6 is 0 Å². The summed E-state index contributed by atoms with van der Waals surface area (Å²) in [6.45, 7) is 12.3. The lowest BCUT2D eigenvalue weighted by Crippen LogP contribution is -2.28.